The Bertz CT molecular complexity index is 670. The molecule has 18 heavy (non-hydrogen) atoms. The first kappa shape index (κ1) is 11.2. The van der Waals surface area contributed by atoms with E-state index < -0.39 is 0 Å². The average molecular weight is 255 g/mol. The van der Waals surface area contributed by atoms with Crippen molar-refractivity contribution in [2.45, 2.75) is 13.5 Å². The van der Waals surface area contributed by atoms with Gasteiger partial charge >= 0.3 is 0 Å². The molecule has 0 spiro atoms. The molecule has 0 fully saturated rings. The highest BCUT2D eigenvalue weighted by molar-refractivity contribution is 7.09. The molecule has 0 amide bonds. The molecular weight excluding hydrogens is 242 g/mol. The van der Waals surface area contributed by atoms with Gasteiger partial charge in [-0.1, -0.05) is 12.1 Å². The molecule has 0 radical (unpaired) electrons. The maximum Gasteiger partial charge on any atom is 0.112 e. The smallest absolute Gasteiger partial charge is 0.112 e. The van der Waals surface area contributed by atoms with Crippen LogP contribution in [0.5, 0.6) is 0 Å². The first-order valence-electron chi connectivity index (χ1n) is 5.80. The summed E-state index contributed by atoms with van der Waals surface area (Å²) in [7, 11) is 0. The fraction of sp³-hybridized carbons (Fsp3) is 0.143. The first-order chi connectivity index (χ1) is 8.83. The van der Waals surface area contributed by atoms with E-state index in [0.717, 1.165) is 28.3 Å². The Hall–Kier alpha value is -1.94. The van der Waals surface area contributed by atoms with Gasteiger partial charge in [0.2, 0.25) is 0 Å². The largest absolute Gasteiger partial charge is 0.378 e. The highest BCUT2D eigenvalue weighted by Gasteiger charge is 2.02. The minimum absolute atomic E-state index is 0.756. The maximum absolute atomic E-state index is 4.45. The average Bonchev–Trinajstić information content (AvgIpc) is 2.82. The summed E-state index contributed by atoms with van der Waals surface area (Å²) in [6.07, 6.45) is 3.71. The molecule has 0 saturated carbocycles. The molecule has 0 aliphatic rings. The molecule has 0 atom stereocenters. The number of nitrogens with zero attached hydrogens (tertiary/aromatic N) is 2. The molecule has 1 aromatic carbocycles. The first-order valence-corrected chi connectivity index (χ1v) is 6.68. The van der Waals surface area contributed by atoms with Gasteiger partial charge in [0.15, 0.2) is 0 Å². The molecule has 0 aliphatic carbocycles. The number of thiazole rings is 1. The predicted octanol–water partition coefficient (Wildman–Crippen LogP) is 3.61. The van der Waals surface area contributed by atoms with E-state index in [4.69, 9.17) is 0 Å². The van der Waals surface area contributed by atoms with Gasteiger partial charge in [-0.2, -0.15) is 0 Å². The van der Waals surface area contributed by atoms with Gasteiger partial charge in [0.1, 0.15) is 5.01 Å². The van der Waals surface area contributed by atoms with Gasteiger partial charge in [-0.05, 0) is 24.4 Å². The Morgan fingerprint density at radius 1 is 1.28 bits per heavy atom. The number of hydrogen-bond donors (Lipinski definition) is 1. The zero-order valence-electron chi connectivity index (χ0n) is 10.1. The van der Waals surface area contributed by atoms with E-state index in [2.05, 4.69) is 38.9 Å². The zero-order valence-corrected chi connectivity index (χ0v) is 10.9. The van der Waals surface area contributed by atoms with Crippen LogP contribution in [0.2, 0.25) is 0 Å². The van der Waals surface area contributed by atoms with Crippen LogP contribution >= 0.6 is 11.3 Å². The van der Waals surface area contributed by atoms with E-state index in [9.17, 15) is 0 Å². The molecule has 0 aliphatic heterocycles. The summed E-state index contributed by atoms with van der Waals surface area (Å²) in [6, 6.07) is 8.24. The van der Waals surface area contributed by atoms with Crippen molar-refractivity contribution in [2.24, 2.45) is 0 Å². The molecule has 3 aromatic rings. The minimum Gasteiger partial charge on any atom is -0.378 e. The Labute approximate surface area is 110 Å². The van der Waals surface area contributed by atoms with E-state index in [1.807, 2.05) is 25.4 Å². The van der Waals surface area contributed by atoms with Crippen LogP contribution in [0.15, 0.2) is 42.0 Å². The van der Waals surface area contributed by atoms with Crippen molar-refractivity contribution in [3.63, 3.8) is 0 Å². The van der Waals surface area contributed by atoms with Gasteiger partial charge in [-0.25, -0.2) is 4.98 Å². The van der Waals surface area contributed by atoms with E-state index in [0.29, 0.717) is 0 Å². The fourth-order valence-electron chi connectivity index (χ4n) is 1.92. The van der Waals surface area contributed by atoms with Gasteiger partial charge in [0, 0.05) is 34.5 Å². The van der Waals surface area contributed by atoms with Crippen molar-refractivity contribution < 1.29 is 0 Å². The van der Waals surface area contributed by atoms with Crippen molar-refractivity contribution in [1.82, 2.24) is 9.97 Å². The van der Waals surface area contributed by atoms with E-state index in [1.165, 1.54) is 5.39 Å². The van der Waals surface area contributed by atoms with Crippen LogP contribution in [0, 0.1) is 6.92 Å². The topological polar surface area (TPSA) is 37.8 Å². The minimum atomic E-state index is 0.756. The van der Waals surface area contributed by atoms with E-state index >= 15 is 0 Å². The number of pyridine rings is 1. The highest BCUT2D eigenvalue weighted by Crippen LogP contribution is 2.22. The predicted molar refractivity (Wildman–Crippen MR) is 75.9 cm³/mol. The lowest BCUT2D eigenvalue weighted by Gasteiger charge is -2.07. The fourth-order valence-corrected chi connectivity index (χ4v) is 2.63. The van der Waals surface area contributed by atoms with Gasteiger partial charge < -0.3 is 5.32 Å². The lowest BCUT2D eigenvalue weighted by atomic mass is 10.1. The van der Waals surface area contributed by atoms with Crippen molar-refractivity contribution >= 4 is 27.8 Å². The standard InChI is InChI=1S/C14H13N3S/c1-10-9-18-14(17-10)8-16-13-4-2-3-11-5-6-15-7-12(11)13/h2-7,9,16H,8H2,1H3. The number of rotatable bonds is 3. The molecular formula is C14H13N3S. The molecule has 2 aromatic heterocycles. The number of anilines is 1. The number of hydrogen-bond acceptors (Lipinski definition) is 4. The summed E-state index contributed by atoms with van der Waals surface area (Å²) < 4.78 is 0. The zero-order chi connectivity index (χ0) is 12.4. The maximum atomic E-state index is 4.45. The third-order valence-corrected chi connectivity index (χ3v) is 3.75. The van der Waals surface area contributed by atoms with Crippen molar-refractivity contribution in [3.05, 3.63) is 52.7 Å². The molecule has 3 nitrogen and oxygen atoms in total. The SMILES string of the molecule is Cc1csc(CNc2cccc3ccncc23)n1. The summed E-state index contributed by atoms with van der Waals surface area (Å²) in [5.41, 5.74) is 2.19. The third kappa shape index (κ3) is 2.19. The number of aryl methyl sites for hydroxylation is 1. The molecule has 3 rings (SSSR count). The lowest BCUT2D eigenvalue weighted by Crippen LogP contribution is -1.99. The Balaban J connectivity index is 1.86. The summed E-state index contributed by atoms with van der Waals surface area (Å²) in [6.45, 7) is 2.77. The van der Waals surface area contributed by atoms with Gasteiger partial charge in [0.25, 0.3) is 0 Å². The Morgan fingerprint density at radius 2 is 2.22 bits per heavy atom. The highest BCUT2D eigenvalue weighted by atomic mass is 32.1. The third-order valence-electron chi connectivity index (χ3n) is 2.78. The molecule has 0 unspecified atom stereocenters. The van der Waals surface area contributed by atoms with Crippen molar-refractivity contribution in [2.75, 3.05) is 5.32 Å². The Morgan fingerprint density at radius 3 is 3.06 bits per heavy atom. The summed E-state index contributed by atoms with van der Waals surface area (Å²) >= 11 is 1.68. The molecule has 4 heteroatoms. The molecule has 0 bridgehead atoms. The molecule has 90 valence electrons. The number of fused-ring (bicyclic) bond motifs is 1. The monoisotopic (exact) mass is 255 g/mol. The lowest BCUT2D eigenvalue weighted by molar-refractivity contribution is 1.08. The van der Waals surface area contributed by atoms with Crippen molar-refractivity contribution in [3.8, 4) is 0 Å². The summed E-state index contributed by atoms with van der Waals surface area (Å²) in [4.78, 5) is 8.63. The molecule has 1 N–H and O–H groups in total. The van der Waals surface area contributed by atoms with Gasteiger partial charge in [-0.3, -0.25) is 4.98 Å². The van der Waals surface area contributed by atoms with Crippen LogP contribution in [-0.2, 0) is 6.54 Å². The number of aromatic nitrogens is 2. The number of nitrogens with one attached hydrogen (secondary N) is 1. The van der Waals surface area contributed by atoms with E-state index in [-0.39, 0.29) is 0 Å². The van der Waals surface area contributed by atoms with Gasteiger partial charge in [-0.15, -0.1) is 11.3 Å². The van der Waals surface area contributed by atoms with Crippen LogP contribution in [0.3, 0.4) is 0 Å². The normalized spacial score (nSPS) is 10.7. The van der Waals surface area contributed by atoms with Crippen LogP contribution in [0.4, 0.5) is 5.69 Å². The van der Waals surface area contributed by atoms with Crippen LogP contribution in [0.25, 0.3) is 10.8 Å². The van der Waals surface area contributed by atoms with Crippen LogP contribution in [0.1, 0.15) is 10.7 Å². The molecule has 0 saturated heterocycles. The van der Waals surface area contributed by atoms with Crippen molar-refractivity contribution in [1.29, 1.82) is 0 Å². The summed E-state index contributed by atoms with van der Waals surface area (Å²) in [5.74, 6) is 0. The molecule has 2 heterocycles. The van der Waals surface area contributed by atoms with Gasteiger partial charge in [0.05, 0.1) is 6.54 Å². The number of benzene rings is 1. The second-order valence-electron chi connectivity index (χ2n) is 4.14. The second kappa shape index (κ2) is 4.74. The van der Waals surface area contributed by atoms with E-state index in [1.54, 1.807) is 11.3 Å². The van der Waals surface area contributed by atoms with Crippen LogP contribution < -0.4 is 5.32 Å². The summed E-state index contributed by atoms with van der Waals surface area (Å²) in [5, 5.41) is 8.95. The van der Waals surface area contributed by atoms with Crippen LogP contribution in [-0.4, -0.2) is 9.97 Å². The quantitative estimate of drug-likeness (QED) is 0.777. The second-order valence-corrected chi connectivity index (χ2v) is 5.08. The Kier molecular flexibility index (Phi) is 2.94.